The van der Waals surface area contributed by atoms with Gasteiger partial charge in [-0.15, -0.1) is 0 Å². The van der Waals surface area contributed by atoms with Gasteiger partial charge in [-0.1, -0.05) is 53.3 Å². The van der Waals surface area contributed by atoms with E-state index in [4.69, 9.17) is 4.43 Å². The van der Waals surface area contributed by atoms with Crippen molar-refractivity contribution in [1.82, 2.24) is 0 Å². The first-order chi connectivity index (χ1) is 7.69. The molecule has 0 amide bonds. The SMILES string of the molecule is CC[Si](CC)(CC)OC(SC(C)(C)C)=C(F)F. The van der Waals surface area contributed by atoms with Crippen molar-refractivity contribution in [3.05, 3.63) is 11.2 Å². The smallest absolute Gasteiger partial charge is 0.317 e. The topological polar surface area (TPSA) is 9.23 Å². The number of hydrogen-bond acceptors (Lipinski definition) is 2. The second kappa shape index (κ2) is 6.78. The van der Waals surface area contributed by atoms with Gasteiger partial charge in [-0.25, -0.2) is 0 Å². The third-order valence-electron chi connectivity index (χ3n) is 2.80. The van der Waals surface area contributed by atoms with Gasteiger partial charge in [-0.05, 0) is 18.1 Å². The molecule has 0 saturated heterocycles. The van der Waals surface area contributed by atoms with Gasteiger partial charge in [0, 0.05) is 4.75 Å². The average Bonchev–Trinajstić information content (AvgIpc) is 2.23. The van der Waals surface area contributed by atoms with Crippen molar-refractivity contribution in [2.24, 2.45) is 0 Å². The van der Waals surface area contributed by atoms with Crippen LogP contribution in [0.1, 0.15) is 41.5 Å². The second-order valence-corrected chi connectivity index (χ2v) is 11.6. The van der Waals surface area contributed by atoms with Crippen LogP contribution in [0.5, 0.6) is 0 Å². The molecule has 0 aromatic heterocycles. The highest BCUT2D eigenvalue weighted by atomic mass is 32.2. The number of rotatable bonds is 6. The molecule has 0 aromatic carbocycles. The summed E-state index contributed by atoms with van der Waals surface area (Å²) < 4.78 is 31.3. The summed E-state index contributed by atoms with van der Waals surface area (Å²) in [5.41, 5.74) is 0. The van der Waals surface area contributed by atoms with Crippen LogP contribution < -0.4 is 0 Å². The van der Waals surface area contributed by atoms with Gasteiger partial charge in [-0.3, -0.25) is 0 Å². The molecule has 0 saturated carbocycles. The van der Waals surface area contributed by atoms with Crippen LogP contribution in [-0.2, 0) is 4.43 Å². The van der Waals surface area contributed by atoms with Gasteiger partial charge >= 0.3 is 6.08 Å². The molecule has 102 valence electrons. The van der Waals surface area contributed by atoms with Crippen LogP contribution in [0, 0.1) is 0 Å². The largest absolute Gasteiger partial charge is 0.535 e. The fraction of sp³-hybridized carbons (Fsp3) is 0.833. The molecule has 0 atom stereocenters. The maximum Gasteiger partial charge on any atom is 0.317 e. The number of hydrogen-bond donors (Lipinski definition) is 0. The molecule has 0 heterocycles. The first-order valence-electron chi connectivity index (χ1n) is 6.13. The van der Waals surface area contributed by atoms with E-state index in [1.165, 1.54) is 0 Å². The quantitative estimate of drug-likeness (QED) is 0.463. The van der Waals surface area contributed by atoms with Gasteiger partial charge in [0.1, 0.15) is 0 Å². The Hall–Kier alpha value is -0.0331. The molecular formula is C12H24F2OSSi. The molecular weight excluding hydrogens is 258 g/mol. The Bertz CT molecular complexity index is 258. The molecule has 0 radical (unpaired) electrons. The summed E-state index contributed by atoms with van der Waals surface area (Å²) in [5, 5.41) is -0.158. The highest BCUT2D eigenvalue weighted by Crippen LogP contribution is 2.38. The predicted molar refractivity (Wildman–Crippen MR) is 74.9 cm³/mol. The molecule has 0 spiro atoms. The molecule has 17 heavy (non-hydrogen) atoms. The normalized spacial score (nSPS) is 12.5. The Kier molecular flexibility index (Phi) is 6.77. The van der Waals surface area contributed by atoms with Gasteiger partial charge in [0.25, 0.3) is 8.32 Å². The predicted octanol–water partition coefficient (Wildman–Crippen LogP) is 5.61. The summed E-state index contributed by atoms with van der Waals surface area (Å²) in [6, 6.07) is 2.63. The highest BCUT2D eigenvalue weighted by molar-refractivity contribution is 8.04. The lowest BCUT2D eigenvalue weighted by Gasteiger charge is -2.31. The van der Waals surface area contributed by atoms with Crippen molar-refractivity contribution in [2.45, 2.75) is 64.4 Å². The van der Waals surface area contributed by atoms with Crippen LogP contribution in [0.3, 0.4) is 0 Å². The van der Waals surface area contributed by atoms with Crippen LogP contribution in [0.15, 0.2) is 11.2 Å². The molecule has 0 N–H and O–H groups in total. The van der Waals surface area contributed by atoms with Crippen molar-refractivity contribution < 1.29 is 13.2 Å². The summed E-state index contributed by atoms with van der Waals surface area (Å²) in [5.74, 6) is 0. The van der Waals surface area contributed by atoms with E-state index in [0.717, 1.165) is 29.9 Å². The fourth-order valence-corrected chi connectivity index (χ4v) is 5.27. The molecule has 0 unspecified atom stereocenters. The lowest BCUT2D eigenvalue weighted by Crippen LogP contribution is -2.35. The maximum atomic E-state index is 12.9. The zero-order chi connectivity index (χ0) is 13.7. The van der Waals surface area contributed by atoms with Crippen LogP contribution in [-0.4, -0.2) is 13.1 Å². The lowest BCUT2D eigenvalue weighted by molar-refractivity contribution is 0.346. The van der Waals surface area contributed by atoms with Gasteiger partial charge in [0.2, 0.25) is 5.09 Å². The Morgan fingerprint density at radius 3 is 1.71 bits per heavy atom. The van der Waals surface area contributed by atoms with Crippen LogP contribution in [0.25, 0.3) is 0 Å². The second-order valence-electron chi connectivity index (χ2n) is 5.11. The summed E-state index contributed by atoms with van der Waals surface area (Å²) in [4.78, 5) is 0. The molecule has 0 aliphatic rings. The third-order valence-corrected chi connectivity index (χ3v) is 8.48. The minimum absolute atomic E-state index is 0.158. The first-order valence-corrected chi connectivity index (χ1v) is 9.47. The summed E-state index contributed by atoms with van der Waals surface area (Å²) in [6.45, 7) is 11.9. The Labute approximate surface area is 109 Å². The summed E-state index contributed by atoms with van der Waals surface area (Å²) in [7, 11) is -2.00. The van der Waals surface area contributed by atoms with Crippen molar-refractivity contribution in [1.29, 1.82) is 0 Å². The van der Waals surface area contributed by atoms with Crippen LogP contribution >= 0.6 is 11.8 Å². The number of halogens is 2. The van der Waals surface area contributed by atoms with Crippen molar-refractivity contribution in [2.75, 3.05) is 0 Å². The van der Waals surface area contributed by atoms with Gasteiger partial charge in [0.15, 0.2) is 0 Å². The molecule has 0 rings (SSSR count). The lowest BCUT2D eigenvalue weighted by atomic mass is 10.3. The average molecular weight is 282 g/mol. The van der Waals surface area contributed by atoms with E-state index in [1.54, 1.807) is 0 Å². The van der Waals surface area contributed by atoms with Crippen molar-refractivity contribution in [3.63, 3.8) is 0 Å². The first kappa shape index (κ1) is 17.0. The fourth-order valence-electron chi connectivity index (χ4n) is 1.54. The molecule has 0 aromatic rings. The molecule has 1 nitrogen and oxygen atoms in total. The number of thioether (sulfide) groups is 1. The molecule has 0 bridgehead atoms. The monoisotopic (exact) mass is 282 g/mol. The van der Waals surface area contributed by atoms with Gasteiger partial charge in [-0.2, -0.15) is 8.78 Å². The van der Waals surface area contributed by atoms with E-state index in [2.05, 4.69) is 0 Å². The van der Waals surface area contributed by atoms with Crippen molar-refractivity contribution >= 4 is 20.1 Å². The molecule has 0 aliphatic carbocycles. The minimum atomic E-state index is -2.00. The standard InChI is InChI=1S/C12H24F2OSSi/c1-7-17(8-2,9-3)15-11(10(13)14)16-12(4,5)6/h7-9H2,1-6H3. The van der Waals surface area contributed by atoms with Crippen molar-refractivity contribution in [3.8, 4) is 0 Å². The minimum Gasteiger partial charge on any atom is -0.535 e. The third kappa shape index (κ3) is 5.90. The Morgan fingerprint density at radius 2 is 1.47 bits per heavy atom. The zero-order valence-electron chi connectivity index (χ0n) is 11.7. The van der Waals surface area contributed by atoms with Crippen LogP contribution in [0.4, 0.5) is 8.78 Å². The van der Waals surface area contributed by atoms with E-state index in [-0.39, 0.29) is 9.84 Å². The summed E-state index contributed by atoms with van der Waals surface area (Å²) in [6.07, 6.45) is -1.68. The van der Waals surface area contributed by atoms with E-state index in [0.29, 0.717) is 0 Å². The van der Waals surface area contributed by atoms with Gasteiger partial charge < -0.3 is 4.43 Å². The van der Waals surface area contributed by atoms with E-state index >= 15 is 0 Å². The molecule has 5 heteroatoms. The summed E-state index contributed by atoms with van der Waals surface area (Å²) >= 11 is 1.13. The van der Waals surface area contributed by atoms with E-state index < -0.39 is 14.4 Å². The molecule has 0 aliphatic heterocycles. The van der Waals surface area contributed by atoms with Gasteiger partial charge in [0.05, 0.1) is 0 Å². The van der Waals surface area contributed by atoms with E-state index in [9.17, 15) is 8.78 Å². The molecule has 0 fully saturated rings. The Morgan fingerprint density at radius 1 is 1.06 bits per heavy atom. The maximum absolute atomic E-state index is 12.9. The Balaban J connectivity index is 4.96. The van der Waals surface area contributed by atoms with E-state index in [1.807, 2.05) is 41.5 Å². The zero-order valence-corrected chi connectivity index (χ0v) is 13.5. The highest BCUT2D eigenvalue weighted by Gasteiger charge is 2.34. The van der Waals surface area contributed by atoms with Crippen LogP contribution in [0.2, 0.25) is 18.1 Å².